The zero-order valence-electron chi connectivity index (χ0n) is 15.1. The van der Waals surface area contributed by atoms with Gasteiger partial charge in [-0.25, -0.2) is 12.7 Å². The molecule has 0 radical (unpaired) electrons. The van der Waals surface area contributed by atoms with Gasteiger partial charge in [0.05, 0.1) is 4.90 Å². The lowest BCUT2D eigenvalue weighted by molar-refractivity contribution is 0.0734. The second-order valence-corrected chi connectivity index (χ2v) is 8.91. The van der Waals surface area contributed by atoms with Gasteiger partial charge in [-0.15, -0.1) is 0 Å². The molecule has 2 heterocycles. The van der Waals surface area contributed by atoms with Crippen molar-refractivity contribution in [1.29, 1.82) is 0 Å². The third-order valence-corrected chi connectivity index (χ3v) is 6.70. The minimum Gasteiger partial charge on any atom is -0.454 e. The molecule has 2 aliphatic heterocycles. The van der Waals surface area contributed by atoms with E-state index in [-0.39, 0.29) is 17.6 Å². The standard InChI is InChI=1S/C19H20N2O5S/c1-20(2)27(23,24)16-5-3-13(4-6-16)19(22)21-8-7-14-9-17-18(26-12-25-17)10-15(14)11-21/h3-6,9-10H,7-8,11-12H2,1-2H3. The molecule has 0 saturated carbocycles. The number of hydrogen-bond donors (Lipinski definition) is 0. The molecule has 0 bridgehead atoms. The van der Waals surface area contributed by atoms with E-state index in [1.807, 2.05) is 12.1 Å². The van der Waals surface area contributed by atoms with E-state index in [2.05, 4.69) is 0 Å². The maximum Gasteiger partial charge on any atom is 0.254 e. The molecule has 0 aliphatic carbocycles. The van der Waals surface area contributed by atoms with Gasteiger partial charge in [-0.2, -0.15) is 0 Å². The molecule has 0 fully saturated rings. The van der Waals surface area contributed by atoms with Gasteiger partial charge in [-0.1, -0.05) is 0 Å². The van der Waals surface area contributed by atoms with E-state index in [0.717, 1.165) is 27.6 Å². The summed E-state index contributed by atoms with van der Waals surface area (Å²) in [5.41, 5.74) is 2.68. The Kier molecular flexibility index (Phi) is 4.32. The van der Waals surface area contributed by atoms with Crippen molar-refractivity contribution in [2.45, 2.75) is 17.9 Å². The summed E-state index contributed by atoms with van der Waals surface area (Å²) in [5, 5.41) is 0. The first-order valence-electron chi connectivity index (χ1n) is 8.59. The molecule has 0 atom stereocenters. The van der Waals surface area contributed by atoms with Gasteiger partial charge >= 0.3 is 0 Å². The van der Waals surface area contributed by atoms with Crippen molar-refractivity contribution in [2.24, 2.45) is 0 Å². The van der Waals surface area contributed by atoms with Crippen molar-refractivity contribution in [2.75, 3.05) is 27.4 Å². The third-order valence-electron chi connectivity index (χ3n) is 4.87. The minimum absolute atomic E-state index is 0.118. The lowest BCUT2D eigenvalue weighted by Gasteiger charge is -2.29. The van der Waals surface area contributed by atoms with E-state index in [9.17, 15) is 13.2 Å². The Morgan fingerprint density at radius 3 is 2.30 bits per heavy atom. The smallest absolute Gasteiger partial charge is 0.254 e. The number of carbonyl (C=O) groups is 1. The molecule has 0 N–H and O–H groups in total. The summed E-state index contributed by atoms with van der Waals surface area (Å²) in [6, 6.07) is 9.99. The first-order chi connectivity index (χ1) is 12.9. The van der Waals surface area contributed by atoms with E-state index < -0.39 is 10.0 Å². The van der Waals surface area contributed by atoms with Crippen molar-refractivity contribution in [3.05, 3.63) is 53.1 Å². The molecule has 142 valence electrons. The van der Waals surface area contributed by atoms with Crippen LogP contribution in [0.15, 0.2) is 41.3 Å². The van der Waals surface area contributed by atoms with Crippen molar-refractivity contribution >= 4 is 15.9 Å². The second kappa shape index (κ2) is 6.54. The first kappa shape index (κ1) is 17.8. The van der Waals surface area contributed by atoms with Crippen LogP contribution in [0.4, 0.5) is 0 Å². The van der Waals surface area contributed by atoms with Crippen LogP contribution in [0.5, 0.6) is 11.5 Å². The highest BCUT2D eigenvalue weighted by Crippen LogP contribution is 2.36. The predicted molar refractivity (Wildman–Crippen MR) is 98.3 cm³/mol. The van der Waals surface area contributed by atoms with E-state index in [1.165, 1.54) is 26.2 Å². The highest BCUT2D eigenvalue weighted by Gasteiger charge is 2.26. The van der Waals surface area contributed by atoms with Crippen molar-refractivity contribution in [1.82, 2.24) is 9.21 Å². The van der Waals surface area contributed by atoms with Gasteiger partial charge in [0.15, 0.2) is 11.5 Å². The van der Waals surface area contributed by atoms with Crippen LogP contribution in [-0.4, -0.2) is 51.0 Å². The van der Waals surface area contributed by atoms with Crippen LogP contribution >= 0.6 is 0 Å². The van der Waals surface area contributed by atoms with Gasteiger partial charge in [0.2, 0.25) is 16.8 Å². The van der Waals surface area contributed by atoms with Crippen LogP contribution in [0.1, 0.15) is 21.5 Å². The van der Waals surface area contributed by atoms with Gasteiger partial charge in [0.1, 0.15) is 0 Å². The molecular weight excluding hydrogens is 368 g/mol. The molecule has 1 amide bonds. The number of ether oxygens (including phenoxy) is 2. The highest BCUT2D eigenvalue weighted by molar-refractivity contribution is 7.89. The number of carbonyl (C=O) groups excluding carboxylic acids is 1. The fraction of sp³-hybridized carbons (Fsp3) is 0.316. The Balaban J connectivity index is 1.54. The molecule has 0 aromatic heterocycles. The molecule has 7 nitrogen and oxygen atoms in total. The van der Waals surface area contributed by atoms with Crippen LogP contribution in [0.3, 0.4) is 0 Å². The van der Waals surface area contributed by atoms with Gasteiger partial charge in [0.25, 0.3) is 5.91 Å². The minimum atomic E-state index is -3.51. The zero-order chi connectivity index (χ0) is 19.2. The fourth-order valence-electron chi connectivity index (χ4n) is 3.28. The molecule has 0 spiro atoms. The van der Waals surface area contributed by atoms with Crippen LogP contribution in [0.25, 0.3) is 0 Å². The van der Waals surface area contributed by atoms with Crippen molar-refractivity contribution in [3.63, 3.8) is 0 Å². The number of fused-ring (bicyclic) bond motifs is 2. The molecule has 2 aromatic rings. The Morgan fingerprint density at radius 2 is 1.67 bits per heavy atom. The number of hydrogen-bond acceptors (Lipinski definition) is 5. The summed E-state index contributed by atoms with van der Waals surface area (Å²) < 4.78 is 36.3. The van der Waals surface area contributed by atoms with E-state index in [1.54, 1.807) is 17.0 Å². The van der Waals surface area contributed by atoms with E-state index in [0.29, 0.717) is 24.4 Å². The van der Waals surface area contributed by atoms with Gasteiger partial charge in [-0.3, -0.25) is 4.79 Å². The average molecular weight is 388 g/mol. The number of rotatable bonds is 3. The van der Waals surface area contributed by atoms with Crippen molar-refractivity contribution in [3.8, 4) is 11.5 Å². The molecule has 4 rings (SSSR count). The molecule has 0 unspecified atom stereocenters. The maximum absolute atomic E-state index is 12.8. The summed E-state index contributed by atoms with van der Waals surface area (Å²) >= 11 is 0. The molecule has 0 saturated heterocycles. The number of sulfonamides is 1. The monoisotopic (exact) mass is 388 g/mol. The number of benzene rings is 2. The summed E-state index contributed by atoms with van der Waals surface area (Å²) in [5.74, 6) is 1.35. The largest absolute Gasteiger partial charge is 0.454 e. The number of nitrogens with zero attached hydrogens (tertiary/aromatic N) is 2. The lowest BCUT2D eigenvalue weighted by atomic mass is 9.98. The Hall–Kier alpha value is -2.58. The summed E-state index contributed by atoms with van der Waals surface area (Å²) in [4.78, 5) is 14.8. The Labute approximate surface area is 158 Å². The summed E-state index contributed by atoms with van der Waals surface area (Å²) in [6.07, 6.45) is 0.741. The topological polar surface area (TPSA) is 76.2 Å². The number of amides is 1. The van der Waals surface area contributed by atoms with E-state index in [4.69, 9.17) is 9.47 Å². The summed E-state index contributed by atoms with van der Waals surface area (Å²) in [7, 11) is -0.553. The molecular formula is C19H20N2O5S. The van der Waals surface area contributed by atoms with Crippen LogP contribution in [0.2, 0.25) is 0 Å². The molecule has 8 heteroatoms. The first-order valence-corrected chi connectivity index (χ1v) is 10.0. The molecule has 27 heavy (non-hydrogen) atoms. The highest BCUT2D eigenvalue weighted by atomic mass is 32.2. The lowest BCUT2D eigenvalue weighted by Crippen LogP contribution is -2.36. The van der Waals surface area contributed by atoms with Crippen LogP contribution < -0.4 is 9.47 Å². The van der Waals surface area contributed by atoms with E-state index >= 15 is 0 Å². The molecule has 2 aliphatic rings. The zero-order valence-corrected chi connectivity index (χ0v) is 16.0. The fourth-order valence-corrected chi connectivity index (χ4v) is 4.18. The normalized spacial score (nSPS) is 15.7. The molecule has 2 aromatic carbocycles. The quantitative estimate of drug-likeness (QED) is 0.802. The Bertz CT molecular complexity index is 1000. The maximum atomic E-state index is 12.8. The second-order valence-electron chi connectivity index (χ2n) is 6.76. The predicted octanol–water partition coefficient (Wildman–Crippen LogP) is 1.86. The SMILES string of the molecule is CN(C)S(=O)(=O)c1ccc(C(=O)N2CCc3cc4c(cc3C2)OCO4)cc1. The summed E-state index contributed by atoms with van der Waals surface area (Å²) in [6.45, 7) is 1.31. The van der Waals surface area contributed by atoms with Gasteiger partial charge in [-0.05, 0) is 53.9 Å². The third kappa shape index (κ3) is 3.15. The van der Waals surface area contributed by atoms with Gasteiger partial charge in [0, 0.05) is 32.7 Å². The van der Waals surface area contributed by atoms with Gasteiger partial charge < -0.3 is 14.4 Å². The van der Waals surface area contributed by atoms with Crippen LogP contribution in [0, 0.1) is 0 Å². The average Bonchev–Trinajstić information content (AvgIpc) is 3.12. The van der Waals surface area contributed by atoms with Crippen molar-refractivity contribution < 1.29 is 22.7 Å². The van der Waals surface area contributed by atoms with Crippen LogP contribution in [-0.2, 0) is 23.0 Å². The Morgan fingerprint density at radius 1 is 1.04 bits per heavy atom.